The number of hydrogen-bond donors (Lipinski definition) is 4. The van der Waals surface area contributed by atoms with Crippen LogP contribution in [0, 0.1) is 5.82 Å². The molecular formula is C21H17FN6O. The Balaban J connectivity index is 1.56. The number of aromatic amines is 1. The molecule has 2 aromatic heterocycles. The van der Waals surface area contributed by atoms with Crippen LogP contribution in [0.25, 0.3) is 22.2 Å². The van der Waals surface area contributed by atoms with Crippen molar-refractivity contribution in [3.8, 4) is 17.0 Å². The first-order valence-electron chi connectivity index (χ1n) is 9.11. The third kappa shape index (κ3) is 3.19. The Morgan fingerprint density at radius 1 is 1.14 bits per heavy atom. The summed E-state index contributed by atoms with van der Waals surface area (Å²) < 4.78 is 13.9. The Labute approximate surface area is 165 Å². The maximum absolute atomic E-state index is 13.9. The van der Waals surface area contributed by atoms with Gasteiger partial charge in [0.05, 0.1) is 24.1 Å². The number of halogens is 1. The van der Waals surface area contributed by atoms with Crippen LogP contribution in [0.2, 0.25) is 0 Å². The highest BCUT2D eigenvalue weighted by atomic mass is 19.1. The van der Waals surface area contributed by atoms with E-state index in [9.17, 15) is 9.50 Å². The minimum Gasteiger partial charge on any atom is -0.506 e. The van der Waals surface area contributed by atoms with Crippen LogP contribution in [0.15, 0.2) is 59.9 Å². The maximum atomic E-state index is 13.9. The first-order valence-corrected chi connectivity index (χ1v) is 9.11. The Morgan fingerprint density at radius 3 is 2.93 bits per heavy atom. The third-order valence-electron chi connectivity index (χ3n) is 4.85. The van der Waals surface area contributed by atoms with E-state index in [1.807, 2.05) is 12.1 Å². The van der Waals surface area contributed by atoms with Crippen molar-refractivity contribution >= 4 is 23.1 Å². The second-order valence-corrected chi connectivity index (χ2v) is 6.73. The first-order chi connectivity index (χ1) is 14.2. The Hall–Kier alpha value is -3.78. The lowest BCUT2D eigenvalue weighted by atomic mass is 10.0. The van der Waals surface area contributed by atoms with Gasteiger partial charge in [-0.3, -0.25) is 10.3 Å². The summed E-state index contributed by atoms with van der Waals surface area (Å²) in [5.41, 5.74) is 3.43. The molecule has 8 heteroatoms. The molecule has 0 fully saturated rings. The van der Waals surface area contributed by atoms with Gasteiger partial charge in [0.1, 0.15) is 23.2 Å². The summed E-state index contributed by atoms with van der Waals surface area (Å²) in [6.45, 7) is 0.435. The van der Waals surface area contributed by atoms with Crippen molar-refractivity contribution in [3.63, 3.8) is 0 Å². The van der Waals surface area contributed by atoms with E-state index in [0.717, 1.165) is 22.5 Å². The Morgan fingerprint density at radius 2 is 2.03 bits per heavy atom. The van der Waals surface area contributed by atoms with Gasteiger partial charge in [-0.25, -0.2) is 14.4 Å². The van der Waals surface area contributed by atoms with Gasteiger partial charge in [-0.1, -0.05) is 24.3 Å². The number of fused-ring (bicyclic) bond motifs is 2. The van der Waals surface area contributed by atoms with E-state index in [4.69, 9.17) is 0 Å². The molecule has 1 atom stereocenters. The topological polar surface area (TPSA) is 98.2 Å². The summed E-state index contributed by atoms with van der Waals surface area (Å²) in [7, 11) is 0. The van der Waals surface area contributed by atoms with Crippen LogP contribution in [0.1, 0.15) is 17.4 Å². The molecule has 29 heavy (non-hydrogen) atoms. The number of rotatable bonds is 4. The monoisotopic (exact) mass is 388 g/mol. The fourth-order valence-electron chi connectivity index (χ4n) is 3.48. The van der Waals surface area contributed by atoms with E-state index < -0.39 is 0 Å². The second kappa shape index (κ2) is 6.99. The molecule has 1 aliphatic heterocycles. The number of aliphatic imine (C=N–C) groups is 1. The highest BCUT2D eigenvalue weighted by Gasteiger charge is 2.20. The lowest BCUT2D eigenvalue weighted by Crippen LogP contribution is -2.24. The van der Waals surface area contributed by atoms with Crippen LogP contribution >= 0.6 is 0 Å². The molecule has 0 saturated heterocycles. The molecule has 2 aromatic carbocycles. The minimum atomic E-state index is -0.342. The van der Waals surface area contributed by atoms with Gasteiger partial charge in [0.25, 0.3) is 0 Å². The molecule has 4 aromatic rings. The van der Waals surface area contributed by atoms with Gasteiger partial charge in [-0.05, 0) is 29.8 Å². The van der Waals surface area contributed by atoms with Crippen LogP contribution in [0.5, 0.6) is 5.75 Å². The molecule has 0 spiro atoms. The van der Waals surface area contributed by atoms with Gasteiger partial charge in [-0.15, -0.1) is 0 Å². The number of H-pyrrole nitrogens is 1. The summed E-state index contributed by atoms with van der Waals surface area (Å²) in [5, 5.41) is 17.4. The summed E-state index contributed by atoms with van der Waals surface area (Å²) in [6.07, 6.45) is 2.92. The van der Waals surface area contributed by atoms with Gasteiger partial charge in [0, 0.05) is 17.5 Å². The minimum absolute atomic E-state index is 0.0877. The highest BCUT2D eigenvalue weighted by molar-refractivity contribution is 5.87. The van der Waals surface area contributed by atoms with E-state index in [2.05, 4.69) is 30.6 Å². The third-order valence-corrected chi connectivity index (χ3v) is 4.85. The SMILES string of the molecule is Oc1cccc2cc(CNC3N=CNc4nc[nH]c43)c(-c3cccc(F)c3)nc12. The number of aromatic hydroxyl groups is 1. The normalized spacial score (nSPS) is 15.3. The zero-order valence-electron chi connectivity index (χ0n) is 15.2. The summed E-state index contributed by atoms with van der Waals surface area (Å²) in [4.78, 5) is 16.4. The molecule has 3 heterocycles. The van der Waals surface area contributed by atoms with E-state index in [0.29, 0.717) is 23.3 Å². The fourth-order valence-corrected chi connectivity index (χ4v) is 3.48. The first kappa shape index (κ1) is 17.3. The van der Waals surface area contributed by atoms with Crippen molar-refractivity contribution in [2.75, 3.05) is 5.32 Å². The van der Waals surface area contributed by atoms with Crippen LogP contribution in [-0.4, -0.2) is 26.4 Å². The highest BCUT2D eigenvalue weighted by Crippen LogP contribution is 2.31. The maximum Gasteiger partial charge on any atom is 0.156 e. The van der Waals surface area contributed by atoms with Crippen LogP contribution < -0.4 is 10.6 Å². The molecule has 0 amide bonds. The fraction of sp³-hybridized carbons (Fsp3) is 0.0952. The molecule has 144 valence electrons. The Kier molecular flexibility index (Phi) is 4.18. The zero-order valence-corrected chi connectivity index (χ0v) is 15.2. The molecule has 0 radical (unpaired) electrons. The zero-order chi connectivity index (χ0) is 19.8. The molecule has 0 bridgehead atoms. The Bertz CT molecular complexity index is 1240. The molecule has 5 rings (SSSR count). The number of imidazole rings is 1. The standard InChI is InChI=1S/C21H17FN6O/c22-15-5-1-3-13(8-15)17-14(7-12-4-2-6-16(29)18(12)28-17)9-23-20-19-21(25-10-24-19)27-11-26-20/h1-8,10-11,20,23,29H,9H2,(H,24,25)(H,26,27). The van der Waals surface area contributed by atoms with Crippen molar-refractivity contribution in [3.05, 3.63) is 71.9 Å². The van der Waals surface area contributed by atoms with Crippen LogP contribution in [-0.2, 0) is 6.54 Å². The van der Waals surface area contributed by atoms with Crippen LogP contribution in [0.3, 0.4) is 0 Å². The molecule has 1 aliphatic rings. The van der Waals surface area contributed by atoms with Crippen molar-refractivity contribution < 1.29 is 9.50 Å². The van der Waals surface area contributed by atoms with Gasteiger partial charge in [0.2, 0.25) is 0 Å². The largest absolute Gasteiger partial charge is 0.506 e. The number of nitrogens with one attached hydrogen (secondary N) is 3. The van der Waals surface area contributed by atoms with Crippen molar-refractivity contribution in [2.45, 2.75) is 12.7 Å². The molecule has 0 saturated carbocycles. The molecular weight excluding hydrogens is 371 g/mol. The predicted molar refractivity (Wildman–Crippen MR) is 109 cm³/mol. The van der Waals surface area contributed by atoms with Gasteiger partial charge in [0.15, 0.2) is 5.82 Å². The number of anilines is 1. The summed E-state index contributed by atoms with van der Waals surface area (Å²) in [5.74, 6) is 0.472. The van der Waals surface area contributed by atoms with Gasteiger partial charge in [-0.2, -0.15) is 0 Å². The average molecular weight is 388 g/mol. The molecule has 1 unspecified atom stereocenters. The molecule has 4 N–H and O–H groups in total. The van der Waals surface area contributed by atoms with Crippen molar-refractivity contribution in [1.29, 1.82) is 0 Å². The number of phenols is 1. The molecule has 7 nitrogen and oxygen atoms in total. The smallest absolute Gasteiger partial charge is 0.156 e. The summed E-state index contributed by atoms with van der Waals surface area (Å²) >= 11 is 0. The number of nitrogens with zero attached hydrogens (tertiary/aromatic N) is 3. The predicted octanol–water partition coefficient (Wildman–Crippen LogP) is 3.71. The number of aromatic nitrogens is 3. The van der Waals surface area contributed by atoms with E-state index in [1.54, 1.807) is 36.9 Å². The molecule has 0 aliphatic carbocycles. The quantitative estimate of drug-likeness (QED) is 0.427. The summed E-state index contributed by atoms with van der Waals surface area (Å²) in [6, 6.07) is 13.5. The number of hydrogen-bond acceptors (Lipinski definition) is 6. The van der Waals surface area contributed by atoms with Crippen molar-refractivity contribution in [2.24, 2.45) is 4.99 Å². The lowest BCUT2D eigenvalue weighted by molar-refractivity contribution is 0.480. The van der Waals surface area contributed by atoms with Gasteiger partial charge < -0.3 is 15.4 Å². The van der Waals surface area contributed by atoms with E-state index in [1.165, 1.54) is 12.1 Å². The number of phenolic OH excluding ortho intramolecular Hbond substituents is 1. The number of pyridine rings is 1. The van der Waals surface area contributed by atoms with E-state index in [-0.39, 0.29) is 17.7 Å². The number of benzene rings is 2. The van der Waals surface area contributed by atoms with Gasteiger partial charge >= 0.3 is 0 Å². The van der Waals surface area contributed by atoms with Crippen molar-refractivity contribution in [1.82, 2.24) is 20.3 Å². The van der Waals surface area contributed by atoms with Crippen LogP contribution in [0.4, 0.5) is 10.2 Å². The average Bonchev–Trinajstić information content (AvgIpc) is 3.21. The number of para-hydroxylation sites is 1. The second-order valence-electron chi connectivity index (χ2n) is 6.73. The lowest BCUT2D eigenvalue weighted by Gasteiger charge is -2.19. The van der Waals surface area contributed by atoms with E-state index >= 15 is 0 Å².